The first-order valence-electron chi connectivity index (χ1n) is 3.65. The van der Waals surface area contributed by atoms with E-state index in [1.807, 2.05) is 0 Å². The van der Waals surface area contributed by atoms with Crippen LogP contribution in [0.15, 0.2) is 30.2 Å². The number of phenolic OH excluding ortho intramolecular Hbond substituents is 1. The maximum absolute atomic E-state index is 11.8. The summed E-state index contributed by atoms with van der Waals surface area (Å²) in [5.41, 5.74) is 0.333. The second-order valence-electron chi connectivity index (χ2n) is 2.58. The summed E-state index contributed by atoms with van der Waals surface area (Å²) in [7, 11) is 0. The molecule has 0 saturated heterocycles. The van der Waals surface area contributed by atoms with Gasteiger partial charge in [0, 0.05) is 0 Å². The van der Waals surface area contributed by atoms with Gasteiger partial charge in [-0.25, -0.2) is 0 Å². The maximum atomic E-state index is 11.8. The topological polar surface area (TPSA) is 20.2 Å². The number of phenols is 1. The zero-order valence-corrected chi connectivity index (χ0v) is 6.62. The van der Waals surface area contributed by atoms with Crippen LogP contribution in [-0.4, -0.2) is 12.1 Å². The van der Waals surface area contributed by atoms with Crippen LogP contribution >= 0.6 is 0 Å². The van der Waals surface area contributed by atoms with Gasteiger partial charge in [0.05, 0.1) is 0 Å². The van der Waals surface area contributed by atoms with Gasteiger partial charge in [-0.2, -0.15) is 0 Å². The molecule has 0 bridgehead atoms. The minimum absolute atomic E-state index is 0.0446. The van der Waals surface area contributed by atoms with Crippen LogP contribution in [-0.2, 0) is 0 Å². The quantitative estimate of drug-likeness (QED) is 0.705. The Balaban J connectivity index is 2.80. The Hall–Kier alpha value is -1.39. The molecular formula is C8H7BF3O-. The highest BCUT2D eigenvalue weighted by molar-refractivity contribution is 6.64. The fraction of sp³-hybridized carbons (Fsp3) is 0. The van der Waals surface area contributed by atoms with Gasteiger partial charge >= 0.3 is 6.98 Å². The molecule has 0 aliphatic heterocycles. The lowest BCUT2D eigenvalue weighted by Crippen LogP contribution is -2.09. The summed E-state index contributed by atoms with van der Waals surface area (Å²) in [6.07, 6.45) is 0.930. The van der Waals surface area contributed by atoms with Gasteiger partial charge in [-0.15, -0.1) is 5.98 Å². The molecule has 1 aromatic rings. The molecule has 0 aliphatic rings. The van der Waals surface area contributed by atoms with Crippen molar-refractivity contribution in [3.8, 4) is 5.75 Å². The highest BCUT2D eigenvalue weighted by atomic mass is 19.4. The van der Waals surface area contributed by atoms with Gasteiger partial charge < -0.3 is 18.1 Å². The van der Waals surface area contributed by atoms with Crippen LogP contribution in [0.25, 0.3) is 6.08 Å². The SMILES string of the molecule is Oc1cccc(/C=C/[B-](F)(F)F)c1. The zero-order valence-electron chi connectivity index (χ0n) is 6.62. The van der Waals surface area contributed by atoms with Crippen LogP contribution in [0.4, 0.5) is 12.9 Å². The summed E-state index contributed by atoms with van der Waals surface area (Å²) < 4.78 is 35.3. The number of hydrogen-bond acceptors (Lipinski definition) is 1. The molecule has 1 rings (SSSR count). The highest BCUT2D eigenvalue weighted by Crippen LogP contribution is 2.15. The van der Waals surface area contributed by atoms with E-state index >= 15 is 0 Å². The summed E-state index contributed by atoms with van der Waals surface area (Å²) in [6.45, 7) is -4.90. The van der Waals surface area contributed by atoms with Gasteiger partial charge in [0.2, 0.25) is 0 Å². The molecule has 1 aromatic carbocycles. The lowest BCUT2D eigenvalue weighted by atomic mass is 9.90. The van der Waals surface area contributed by atoms with Gasteiger partial charge in [0.25, 0.3) is 0 Å². The van der Waals surface area contributed by atoms with Crippen molar-refractivity contribution in [1.82, 2.24) is 0 Å². The normalized spacial score (nSPS) is 12.2. The second-order valence-corrected chi connectivity index (χ2v) is 2.58. The van der Waals surface area contributed by atoms with Gasteiger partial charge in [-0.1, -0.05) is 18.2 Å². The fourth-order valence-electron chi connectivity index (χ4n) is 0.849. The van der Waals surface area contributed by atoms with E-state index in [2.05, 4.69) is 0 Å². The van der Waals surface area contributed by atoms with Crippen molar-refractivity contribution in [3.05, 3.63) is 35.8 Å². The maximum Gasteiger partial charge on any atom is 0.502 e. The molecular weight excluding hydrogens is 180 g/mol. The van der Waals surface area contributed by atoms with Crippen LogP contribution in [0.1, 0.15) is 5.56 Å². The largest absolute Gasteiger partial charge is 0.508 e. The zero-order chi connectivity index (χ0) is 9.90. The van der Waals surface area contributed by atoms with Crippen molar-refractivity contribution in [2.45, 2.75) is 0 Å². The van der Waals surface area contributed by atoms with E-state index in [1.54, 1.807) is 0 Å². The molecule has 0 saturated carbocycles. The first kappa shape index (κ1) is 9.70. The Labute approximate surface area is 73.6 Å². The van der Waals surface area contributed by atoms with E-state index in [0.717, 1.165) is 6.08 Å². The summed E-state index contributed by atoms with van der Waals surface area (Å²) in [5.74, 6) is 0.145. The van der Waals surface area contributed by atoms with Crippen LogP contribution < -0.4 is 0 Å². The van der Waals surface area contributed by atoms with E-state index in [1.165, 1.54) is 24.3 Å². The Morgan fingerprint density at radius 2 is 1.92 bits per heavy atom. The smallest absolute Gasteiger partial charge is 0.502 e. The molecule has 70 valence electrons. The third kappa shape index (κ3) is 3.69. The molecule has 0 heterocycles. The second kappa shape index (κ2) is 3.55. The minimum atomic E-state index is -4.90. The van der Waals surface area contributed by atoms with Crippen LogP contribution in [0.3, 0.4) is 0 Å². The summed E-state index contributed by atoms with van der Waals surface area (Å²) >= 11 is 0. The summed E-state index contributed by atoms with van der Waals surface area (Å²) in [6, 6.07) is 5.63. The fourth-order valence-corrected chi connectivity index (χ4v) is 0.849. The third-order valence-corrected chi connectivity index (χ3v) is 1.38. The standard InChI is InChI=1S/C8H7BF3O/c10-9(11,12)5-4-7-2-1-3-8(13)6-7/h1-6,13H/q-1/b5-4+. The van der Waals surface area contributed by atoms with E-state index in [-0.39, 0.29) is 11.7 Å². The molecule has 0 unspecified atom stereocenters. The Morgan fingerprint density at radius 3 is 2.46 bits per heavy atom. The van der Waals surface area contributed by atoms with Crippen LogP contribution in [0.2, 0.25) is 0 Å². The Kier molecular flexibility index (Phi) is 2.65. The van der Waals surface area contributed by atoms with Crippen LogP contribution in [0, 0.1) is 0 Å². The highest BCUT2D eigenvalue weighted by Gasteiger charge is 2.16. The van der Waals surface area contributed by atoms with Gasteiger partial charge in [-0.3, -0.25) is 0 Å². The lowest BCUT2D eigenvalue weighted by Gasteiger charge is -2.06. The summed E-state index contributed by atoms with van der Waals surface area (Å²) in [4.78, 5) is 0. The molecule has 0 atom stereocenters. The number of halogens is 3. The van der Waals surface area contributed by atoms with Crippen molar-refractivity contribution in [1.29, 1.82) is 0 Å². The molecule has 0 aliphatic carbocycles. The number of benzene rings is 1. The molecule has 5 heteroatoms. The number of rotatable bonds is 2. The first-order valence-corrected chi connectivity index (χ1v) is 3.65. The van der Waals surface area contributed by atoms with Crippen molar-refractivity contribution in [2.24, 2.45) is 0 Å². The van der Waals surface area contributed by atoms with Gasteiger partial charge in [0.1, 0.15) is 5.75 Å². The van der Waals surface area contributed by atoms with Crippen molar-refractivity contribution in [2.75, 3.05) is 0 Å². The monoisotopic (exact) mass is 187 g/mol. The Bertz CT molecular complexity index is 319. The molecule has 0 amide bonds. The van der Waals surface area contributed by atoms with E-state index in [4.69, 9.17) is 5.11 Å². The van der Waals surface area contributed by atoms with Gasteiger partial charge in [-0.05, 0) is 17.7 Å². The van der Waals surface area contributed by atoms with Crippen molar-refractivity contribution >= 4 is 13.1 Å². The minimum Gasteiger partial charge on any atom is -0.508 e. The van der Waals surface area contributed by atoms with E-state index < -0.39 is 6.98 Å². The molecule has 0 spiro atoms. The first-order chi connectivity index (χ1) is 5.97. The van der Waals surface area contributed by atoms with Crippen molar-refractivity contribution in [3.63, 3.8) is 0 Å². The van der Waals surface area contributed by atoms with Gasteiger partial charge in [0.15, 0.2) is 0 Å². The predicted octanol–water partition coefficient (Wildman–Crippen LogP) is 2.79. The van der Waals surface area contributed by atoms with Crippen molar-refractivity contribution < 1.29 is 18.1 Å². The average molecular weight is 187 g/mol. The molecule has 1 N–H and O–H groups in total. The summed E-state index contributed by atoms with van der Waals surface area (Å²) in [5, 5.41) is 8.93. The number of hydrogen-bond donors (Lipinski definition) is 1. The predicted molar refractivity (Wildman–Crippen MR) is 46.2 cm³/mol. The van der Waals surface area contributed by atoms with Crippen LogP contribution in [0.5, 0.6) is 5.75 Å². The van der Waals surface area contributed by atoms with E-state index in [0.29, 0.717) is 5.56 Å². The Morgan fingerprint density at radius 1 is 1.23 bits per heavy atom. The van der Waals surface area contributed by atoms with E-state index in [9.17, 15) is 12.9 Å². The molecule has 1 nitrogen and oxygen atoms in total. The number of aromatic hydroxyl groups is 1. The molecule has 0 radical (unpaired) electrons. The third-order valence-electron chi connectivity index (χ3n) is 1.38. The molecule has 13 heavy (non-hydrogen) atoms. The average Bonchev–Trinajstić information content (AvgIpc) is 2.00. The molecule has 0 aromatic heterocycles. The lowest BCUT2D eigenvalue weighted by molar-refractivity contribution is 0.475. The molecule has 0 fully saturated rings.